The average molecular weight is 622 g/mol. The molecule has 6 heterocycles. The van der Waals surface area contributed by atoms with Gasteiger partial charge < -0.3 is 15.5 Å². The van der Waals surface area contributed by atoms with Crippen LogP contribution in [0.1, 0.15) is 22.7 Å². The van der Waals surface area contributed by atoms with Crippen LogP contribution in [0, 0.1) is 6.92 Å². The van der Waals surface area contributed by atoms with E-state index in [0.29, 0.717) is 35.4 Å². The number of benzene rings is 1. The van der Waals surface area contributed by atoms with Crippen LogP contribution in [0.2, 0.25) is 0 Å². The first-order valence-electron chi connectivity index (χ1n) is 14.5. The summed E-state index contributed by atoms with van der Waals surface area (Å²) in [7, 11) is 2.16. The van der Waals surface area contributed by atoms with Crippen molar-refractivity contribution >= 4 is 51.0 Å². The van der Waals surface area contributed by atoms with Gasteiger partial charge in [-0.3, -0.25) is 14.3 Å². The minimum absolute atomic E-state index is 0.172. The van der Waals surface area contributed by atoms with Crippen LogP contribution in [0.5, 0.6) is 0 Å². The van der Waals surface area contributed by atoms with E-state index in [1.165, 1.54) is 17.0 Å². The molecule has 0 bridgehead atoms. The van der Waals surface area contributed by atoms with Gasteiger partial charge in [-0.15, -0.1) is 22.7 Å². The second-order valence-corrected chi connectivity index (χ2v) is 13.0. The molecule has 1 aliphatic rings. The van der Waals surface area contributed by atoms with E-state index in [2.05, 4.69) is 49.7 Å². The van der Waals surface area contributed by atoms with Gasteiger partial charge in [-0.25, -0.2) is 15.0 Å². The molecule has 10 nitrogen and oxygen atoms in total. The number of hydrogen-bond donors (Lipinski definition) is 2. The lowest BCUT2D eigenvalue weighted by atomic mass is 10.0. The minimum Gasteiger partial charge on any atom is -0.372 e. The van der Waals surface area contributed by atoms with Crippen LogP contribution in [0.4, 0.5) is 17.3 Å². The Bertz CT molecular complexity index is 1950. The quantitative estimate of drug-likeness (QED) is 0.220. The molecule has 0 spiro atoms. The molecule has 1 saturated heterocycles. The number of pyridine rings is 2. The van der Waals surface area contributed by atoms with Crippen molar-refractivity contribution in [3.63, 3.8) is 0 Å². The Kier molecular flexibility index (Phi) is 7.86. The van der Waals surface area contributed by atoms with E-state index in [1.807, 2.05) is 42.6 Å². The van der Waals surface area contributed by atoms with E-state index in [-0.39, 0.29) is 5.56 Å². The molecule has 2 N–H and O–H groups in total. The third-order valence-corrected chi connectivity index (χ3v) is 9.74. The van der Waals surface area contributed by atoms with Gasteiger partial charge in [0.05, 0.1) is 17.8 Å². The Morgan fingerprint density at radius 2 is 1.91 bits per heavy atom. The number of aromatic nitrogens is 6. The highest BCUT2D eigenvalue weighted by Gasteiger charge is 2.20. The molecule has 0 atom stereocenters. The lowest BCUT2D eigenvalue weighted by Gasteiger charge is -2.33. The van der Waals surface area contributed by atoms with Crippen molar-refractivity contribution in [3.05, 3.63) is 92.9 Å². The first kappa shape index (κ1) is 28.3. The van der Waals surface area contributed by atoms with Gasteiger partial charge in [0.25, 0.3) is 5.56 Å². The summed E-state index contributed by atoms with van der Waals surface area (Å²) in [5.41, 5.74) is 4.50. The van der Waals surface area contributed by atoms with Crippen LogP contribution in [0.15, 0.2) is 77.4 Å². The largest absolute Gasteiger partial charge is 0.372 e. The SMILES string of the molecule is Cc1sc(-c2cccnc2)nc1-c1cc2cnc(Nc3ccc(N(C)C4CCNCC4)cc3)nc2n(Cc2nccs2)c1=O. The molecule has 1 aromatic carbocycles. The molecule has 0 unspecified atom stereocenters. The van der Waals surface area contributed by atoms with Crippen LogP contribution in [-0.4, -0.2) is 55.7 Å². The van der Waals surface area contributed by atoms with Gasteiger partial charge in [0.1, 0.15) is 15.7 Å². The Morgan fingerprint density at radius 1 is 1.07 bits per heavy atom. The summed E-state index contributed by atoms with van der Waals surface area (Å²) in [5, 5.41) is 11.1. The highest BCUT2D eigenvalue weighted by atomic mass is 32.1. The summed E-state index contributed by atoms with van der Waals surface area (Å²) in [6, 6.07) is 14.5. The van der Waals surface area contributed by atoms with Crippen molar-refractivity contribution < 1.29 is 0 Å². The zero-order valence-corrected chi connectivity index (χ0v) is 26.0. The Hall–Kier alpha value is -4.52. The smallest absolute Gasteiger partial charge is 0.262 e. The number of nitrogens with zero attached hydrogens (tertiary/aromatic N) is 7. The van der Waals surface area contributed by atoms with Crippen molar-refractivity contribution in [2.75, 3.05) is 30.4 Å². The van der Waals surface area contributed by atoms with Crippen molar-refractivity contribution in [3.8, 4) is 21.8 Å². The van der Waals surface area contributed by atoms with Gasteiger partial charge in [-0.2, -0.15) is 4.98 Å². The maximum atomic E-state index is 14.1. The molecular weight excluding hydrogens is 591 g/mol. The topological polar surface area (TPSA) is 114 Å². The van der Waals surface area contributed by atoms with E-state index in [9.17, 15) is 4.79 Å². The van der Waals surface area contributed by atoms with Gasteiger partial charge in [0.15, 0.2) is 0 Å². The maximum Gasteiger partial charge on any atom is 0.262 e. The van der Waals surface area contributed by atoms with Gasteiger partial charge in [0.2, 0.25) is 5.95 Å². The molecule has 7 rings (SSSR count). The van der Waals surface area contributed by atoms with E-state index in [1.54, 1.807) is 40.7 Å². The molecule has 12 heteroatoms. The number of piperidine rings is 1. The predicted octanol–water partition coefficient (Wildman–Crippen LogP) is 5.72. The molecule has 44 heavy (non-hydrogen) atoms. The van der Waals surface area contributed by atoms with Crippen molar-refractivity contribution in [1.82, 2.24) is 34.8 Å². The maximum absolute atomic E-state index is 14.1. The van der Waals surface area contributed by atoms with E-state index in [4.69, 9.17) is 9.97 Å². The van der Waals surface area contributed by atoms with Gasteiger partial charge in [-0.1, -0.05) is 0 Å². The molecule has 0 aliphatic carbocycles. The fourth-order valence-corrected chi connectivity index (χ4v) is 7.10. The lowest BCUT2D eigenvalue weighted by Crippen LogP contribution is -2.41. The second kappa shape index (κ2) is 12.2. The van der Waals surface area contributed by atoms with Crippen LogP contribution >= 0.6 is 22.7 Å². The molecule has 0 radical (unpaired) electrons. The van der Waals surface area contributed by atoms with Gasteiger partial charge in [0, 0.05) is 70.5 Å². The zero-order chi connectivity index (χ0) is 30.0. The molecule has 1 aliphatic heterocycles. The zero-order valence-electron chi connectivity index (χ0n) is 24.4. The van der Waals surface area contributed by atoms with Crippen LogP contribution in [-0.2, 0) is 6.54 Å². The molecular formula is C32H31N9OS2. The number of fused-ring (bicyclic) bond motifs is 1. The minimum atomic E-state index is -0.172. The standard InChI is InChI=1S/C32H31N9OS2/c1-20-28(38-30(44-20)21-4-3-11-34-17-21)26-16-22-18-36-32(39-29(22)41(31(26)42)19-27-35-14-15-43-27)37-23-5-7-24(8-6-23)40(2)25-9-12-33-13-10-25/h3-8,11,14-18,25,33H,9-10,12-13,19H2,1-2H3,(H,36,37,39). The lowest BCUT2D eigenvalue weighted by molar-refractivity contribution is 0.443. The summed E-state index contributed by atoms with van der Waals surface area (Å²) in [5.74, 6) is 0.417. The average Bonchev–Trinajstić information content (AvgIpc) is 3.73. The fraction of sp³-hybridized carbons (Fsp3) is 0.250. The van der Waals surface area contributed by atoms with Crippen LogP contribution in [0.3, 0.4) is 0 Å². The summed E-state index contributed by atoms with van der Waals surface area (Å²) in [6.45, 7) is 4.39. The Balaban J connectivity index is 1.23. The van der Waals surface area contributed by atoms with Crippen molar-refractivity contribution in [2.24, 2.45) is 0 Å². The van der Waals surface area contributed by atoms with E-state index < -0.39 is 0 Å². The van der Waals surface area contributed by atoms with Crippen molar-refractivity contribution in [2.45, 2.75) is 32.4 Å². The Morgan fingerprint density at radius 3 is 2.66 bits per heavy atom. The molecule has 1 fully saturated rings. The third kappa shape index (κ3) is 5.71. The number of thiazole rings is 2. The Labute approximate surface area is 262 Å². The first-order valence-corrected chi connectivity index (χ1v) is 16.2. The van der Waals surface area contributed by atoms with Crippen molar-refractivity contribution in [1.29, 1.82) is 0 Å². The molecule has 5 aromatic heterocycles. The van der Waals surface area contributed by atoms with Gasteiger partial charge in [-0.05, 0) is 75.3 Å². The first-order chi connectivity index (χ1) is 21.5. The fourth-order valence-electron chi connectivity index (χ4n) is 5.57. The highest BCUT2D eigenvalue weighted by Crippen LogP contribution is 2.33. The summed E-state index contributed by atoms with van der Waals surface area (Å²) in [6.07, 6.45) is 9.30. The predicted molar refractivity (Wildman–Crippen MR) is 178 cm³/mol. The molecule has 0 amide bonds. The summed E-state index contributed by atoms with van der Waals surface area (Å²) < 4.78 is 1.68. The van der Waals surface area contributed by atoms with Crippen LogP contribution in [0.25, 0.3) is 32.9 Å². The number of rotatable bonds is 8. The number of anilines is 3. The number of nitrogens with one attached hydrogen (secondary N) is 2. The number of hydrogen-bond acceptors (Lipinski definition) is 11. The van der Waals surface area contributed by atoms with E-state index in [0.717, 1.165) is 57.5 Å². The normalized spacial score (nSPS) is 13.8. The monoisotopic (exact) mass is 621 g/mol. The number of aryl methyl sites for hydroxylation is 1. The van der Waals surface area contributed by atoms with E-state index >= 15 is 0 Å². The highest BCUT2D eigenvalue weighted by molar-refractivity contribution is 7.15. The molecule has 6 aromatic rings. The van der Waals surface area contributed by atoms with Crippen LogP contribution < -0.4 is 21.1 Å². The third-order valence-electron chi connectivity index (χ3n) is 7.95. The molecule has 222 valence electrons. The van der Waals surface area contributed by atoms with Gasteiger partial charge >= 0.3 is 0 Å². The second-order valence-electron chi connectivity index (χ2n) is 10.8. The summed E-state index contributed by atoms with van der Waals surface area (Å²) >= 11 is 3.05. The summed E-state index contributed by atoms with van der Waals surface area (Å²) in [4.78, 5) is 40.4. The molecule has 0 saturated carbocycles.